The summed E-state index contributed by atoms with van der Waals surface area (Å²) in [6.07, 6.45) is 0. The van der Waals surface area contributed by atoms with Gasteiger partial charge in [-0.3, -0.25) is 4.79 Å². The van der Waals surface area contributed by atoms with Crippen LogP contribution >= 0.6 is 22.9 Å². The van der Waals surface area contributed by atoms with Crippen LogP contribution in [0.2, 0.25) is 5.02 Å². The summed E-state index contributed by atoms with van der Waals surface area (Å²) in [5, 5.41) is 2.18. The van der Waals surface area contributed by atoms with Crippen LogP contribution in [-0.2, 0) is 19.6 Å². The number of nitrogens with one attached hydrogen (secondary N) is 1. The Morgan fingerprint density at radius 2 is 2.04 bits per heavy atom. The van der Waals surface area contributed by atoms with E-state index in [0.29, 0.717) is 10.8 Å². The van der Waals surface area contributed by atoms with Gasteiger partial charge in [-0.05, 0) is 29.6 Å². The van der Waals surface area contributed by atoms with Crippen molar-refractivity contribution in [3.05, 3.63) is 46.8 Å². The zero-order chi connectivity index (χ0) is 16.7. The molecular formula is C14H14ClNO5S2. The van der Waals surface area contributed by atoms with E-state index in [9.17, 15) is 13.2 Å². The molecule has 0 bridgehead atoms. The summed E-state index contributed by atoms with van der Waals surface area (Å²) in [5.41, 5.74) is 0. The van der Waals surface area contributed by atoms with E-state index >= 15 is 0 Å². The van der Waals surface area contributed by atoms with Crippen LogP contribution in [0.1, 0.15) is 0 Å². The van der Waals surface area contributed by atoms with E-state index in [0.717, 1.165) is 11.3 Å². The molecule has 2 rings (SSSR count). The summed E-state index contributed by atoms with van der Waals surface area (Å²) in [7, 11) is -3.67. The second-order valence-electron chi connectivity index (χ2n) is 4.28. The van der Waals surface area contributed by atoms with Crippen LogP contribution in [0.5, 0.6) is 5.75 Å². The SMILES string of the molecule is O=C(CNS(=O)(=O)c1cccs1)OCCOc1cccc(Cl)c1. The highest BCUT2D eigenvalue weighted by Gasteiger charge is 2.16. The summed E-state index contributed by atoms with van der Waals surface area (Å²) < 4.78 is 36.2. The summed E-state index contributed by atoms with van der Waals surface area (Å²) in [6, 6.07) is 9.89. The molecule has 0 amide bonds. The fourth-order valence-corrected chi connectivity index (χ4v) is 3.75. The smallest absolute Gasteiger partial charge is 0.321 e. The number of rotatable bonds is 8. The molecule has 0 saturated heterocycles. The predicted molar refractivity (Wildman–Crippen MR) is 87.4 cm³/mol. The van der Waals surface area contributed by atoms with Crippen LogP contribution in [0.3, 0.4) is 0 Å². The minimum absolute atomic E-state index is 0.00603. The molecule has 0 fully saturated rings. The molecule has 0 saturated carbocycles. The molecule has 0 aliphatic carbocycles. The van der Waals surface area contributed by atoms with Crippen molar-refractivity contribution in [1.29, 1.82) is 0 Å². The van der Waals surface area contributed by atoms with Gasteiger partial charge in [-0.2, -0.15) is 4.72 Å². The fraction of sp³-hybridized carbons (Fsp3) is 0.214. The number of ether oxygens (including phenoxy) is 2. The summed E-state index contributed by atoms with van der Waals surface area (Å²) in [6.45, 7) is -0.284. The van der Waals surface area contributed by atoms with Crippen molar-refractivity contribution in [2.24, 2.45) is 0 Å². The summed E-state index contributed by atoms with van der Waals surface area (Å²) in [4.78, 5) is 11.5. The van der Waals surface area contributed by atoms with Gasteiger partial charge in [0.1, 0.15) is 29.7 Å². The standard InChI is InChI=1S/C14H14ClNO5S2/c15-11-3-1-4-12(9-11)20-6-7-21-13(17)10-16-23(18,19)14-5-2-8-22-14/h1-5,8-9,16H,6-7,10H2. The fourth-order valence-electron chi connectivity index (χ4n) is 1.56. The Morgan fingerprint density at radius 1 is 1.22 bits per heavy atom. The lowest BCUT2D eigenvalue weighted by molar-refractivity contribution is -0.142. The number of carbonyl (C=O) groups is 1. The largest absolute Gasteiger partial charge is 0.490 e. The third-order valence-corrected chi connectivity index (χ3v) is 5.61. The molecule has 2 aromatic rings. The minimum Gasteiger partial charge on any atom is -0.490 e. The highest BCUT2D eigenvalue weighted by atomic mass is 35.5. The predicted octanol–water partition coefficient (Wildman–Crippen LogP) is 2.30. The lowest BCUT2D eigenvalue weighted by Gasteiger charge is -2.08. The zero-order valence-electron chi connectivity index (χ0n) is 11.9. The van der Waals surface area contributed by atoms with Gasteiger partial charge in [0.15, 0.2) is 0 Å². The van der Waals surface area contributed by atoms with E-state index in [1.807, 2.05) is 0 Å². The minimum atomic E-state index is -3.67. The number of esters is 1. The molecule has 1 heterocycles. The van der Waals surface area contributed by atoms with Gasteiger partial charge in [0.2, 0.25) is 0 Å². The van der Waals surface area contributed by atoms with E-state index in [4.69, 9.17) is 21.1 Å². The van der Waals surface area contributed by atoms with Gasteiger partial charge < -0.3 is 9.47 Å². The molecule has 1 N–H and O–H groups in total. The first-order valence-electron chi connectivity index (χ1n) is 6.54. The number of hydrogen-bond acceptors (Lipinski definition) is 6. The van der Waals surface area contributed by atoms with Gasteiger partial charge in [0, 0.05) is 5.02 Å². The van der Waals surface area contributed by atoms with Crippen molar-refractivity contribution in [2.75, 3.05) is 19.8 Å². The quantitative estimate of drug-likeness (QED) is 0.565. The van der Waals surface area contributed by atoms with Gasteiger partial charge in [-0.1, -0.05) is 23.7 Å². The highest BCUT2D eigenvalue weighted by Crippen LogP contribution is 2.17. The summed E-state index contributed by atoms with van der Waals surface area (Å²) in [5.74, 6) is -0.119. The molecule has 124 valence electrons. The maximum absolute atomic E-state index is 11.8. The molecule has 23 heavy (non-hydrogen) atoms. The molecule has 0 unspecified atom stereocenters. The second-order valence-corrected chi connectivity index (χ2v) is 7.66. The van der Waals surface area contributed by atoms with Gasteiger partial charge in [0.05, 0.1) is 0 Å². The van der Waals surface area contributed by atoms with E-state index in [2.05, 4.69) is 4.72 Å². The lowest BCUT2D eigenvalue weighted by atomic mass is 10.3. The Labute approximate surface area is 143 Å². The normalized spacial score (nSPS) is 11.2. The number of sulfonamides is 1. The molecule has 1 aromatic heterocycles. The molecule has 6 nitrogen and oxygen atoms in total. The maximum Gasteiger partial charge on any atom is 0.321 e. The van der Waals surface area contributed by atoms with Crippen molar-refractivity contribution in [1.82, 2.24) is 4.72 Å². The van der Waals surface area contributed by atoms with Crippen LogP contribution in [-0.4, -0.2) is 34.1 Å². The lowest BCUT2D eigenvalue weighted by Crippen LogP contribution is -2.30. The number of hydrogen-bond donors (Lipinski definition) is 1. The maximum atomic E-state index is 11.8. The van der Waals surface area contributed by atoms with E-state index in [-0.39, 0.29) is 17.4 Å². The molecule has 9 heteroatoms. The molecular weight excluding hydrogens is 362 g/mol. The Morgan fingerprint density at radius 3 is 2.74 bits per heavy atom. The Bertz CT molecular complexity index is 746. The van der Waals surface area contributed by atoms with E-state index < -0.39 is 22.5 Å². The van der Waals surface area contributed by atoms with Gasteiger partial charge in [-0.15, -0.1) is 11.3 Å². The van der Waals surface area contributed by atoms with Crippen LogP contribution in [0, 0.1) is 0 Å². The third kappa shape index (κ3) is 5.83. The van der Waals surface area contributed by atoms with Crippen LogP contribution in [0.4, 0.5) is 0 Å². The Hall–Kier alpha value is -1.61. The summed E-state index contributed by atoms with van der Waals surface area (Å²) >= 11 is 6.87. The van der Waals surface area contributed by atoms with Crippen LogP contribution < -0.4 is 9.46 Å². The third-order valence-electron chi connectivity index (χ3n) is 2.58. The number of carbonyl (C=O) groups excluding carboxylic acids is 1. The van der Waals surface area contributed by atoms with Gasteiger partial charge in [-0.25, -0.2) is 8.42 Å². The topological polar surface area (TPSA) is 81.7 Å². The Kier molecular flexibility index (Phi) is 6.40. The first kappa shape index (κ1) is 17.7. The van der Waals surface area contributed by atoms with Crippen molar-refractivity contribution in [3.8, 4) is 5.75 Å². The molecule has 0 radical (unpaired) electrons. The van der Waals surface area contributed by atoms with Crippen molar-refractivity contribution < 1.29 is 22.7 Å². The zero-order valence-corrected chi connectivity index (χ0v) is 14.3. The molecule has 0 atom stereocenters. The van der Waals surface area contributed by atoms with Gasteiger partial charge >= 0.3 is 5.97 Å². The Balaban J connectivity index is 1.67. The first-order valence-corrected chi connectivity index (χ1v) is 9.28. The molecule has 0 aliphatic heterocycles. The number of halogens is 1. The molecule has 0 spiro atoms. The average molecular weight is 376 g/mol. The first-order chi connectivity index (χ1) is 11.0. The van der Waals surface area contributed by atoms with Gasteiger partial charge in [0.25, 0.3) is 10.0 Å². The van der Waals surface area contributed by atoms with E-state index in [1.165, 1.54) is 6.07 Å². The van der Waals surface area contributed by atoms with E-state index in [1.54, 1.807) is 35.7 Å². The second kappa shape index (κ2) is 8.30. The van der Waals surface area contributed by atoms with Crippen molar-refractivity contribution >= 4 is 38.9 Å². The van der Waals surface area contributed by atoms with Crippen molar-refractivity contribution in [2.45, 2.75) is 4.21 Å². The van der Waals surface area contributed by atoms with Crippen molar-refractivity contribution in [3.63, 3.8) is 0 Å². The monoisotopic (exact) mass is 375 g/mol. The number of thiophene rings is 1. The number of benzene rings is 1. The molecule has 0 aliphatic rings. The van der Waals surface area contributed by atoms with Crippen LogP contribution in [0.25, 0.3) is 0 Å². The van der Waals surface area contributed by atoms with Crippen LogP contribution in [0.15, 0.2) is 46.0 Å². The average Bonchev–Trinajstić information content (AvgIpc) is 3.05. The molecule has 1 aromatic carbocycles. The highest BCUT2D eigenvalue weighted by molar-refractivity contribution is 7.91.